The topological polar surface area (TPSA) is 31.2 Å². The van der Waals surface area contributed by atoms with E-state index in [-0.39, 0.29) is 11.3 Å². The number of hydrogen-bond acceptors (Lipinski definition) is 2. The van der Waals surface area contributed by atoms with Gasteiger partial charge < -0.3 is 4.74 Å². The van der Waals surface area contributed by atoms with E-state index in [1.807, 2.05) is 25.1 Å². The lowest BCUT2D eigenvalue weighted by atomic mass is 10.1. The van der Waals surface area contributed by atoms with Gasteiger partial charge in [-0.25, -0.2) is 4.39 Å². The van der Waals surface area contributed by atoms with Crippen LogP contribution in [0.3, 0.4) is 0 Å². The Kier molecular flexibility index (Phi) is 4.09. The Morgan fingerprint density at radius 1 is 1.22 bits per heavy atom. The number of halogens is 2. The highest BCUT2D eigenvalue weighted by atomic mass is 35.5. The maximum absolute atomic E-state index is 13.7. The van der Waals surface area contributed by atoms with Gasteiger partial charge in [-0.05, 0) is 36.1 Å². The number of hydrogen-bond donors (Lipinski definition) is 0. The van der Waals surface area contributed by atoms with Gasteiger partial charge >= 0.3 is 0 Å². The number of fused-ring (bicyclic) bond motifs is 1. The molecule has 0 aliphatic carbocycles. The van der Waals surface area contributed by atoms with Gasteiger partial charge in [-0.2, -0.15) is 0 Å². The zero-order valence-electron chi connectivity index (χ0n) is 12.8. The van der Waals surface area contributed by atoms with E-state index in [0.29, 0.717) is 22.5 Å². The number of nitrogens with zero attached hydrogens (tertiary/aromatic N) is 1. The molecule has 3 nitrogen and oxygen atoms in total. The summed E-state index contributed by atoms with van der Waals surface area (Å²) in [6, 6.07) is 11.6. The monoisotopic (exact) mass is 331 g/mol. The van der Waals surface area contributed by atoms with E-state index in [0.717, 1.165) is 11.1 Å². The summed E-state index contributed by atoms with van der Waals surface area (Å²) in [5.41, 5.74) is 1.14. The highest BCUT2D eigenvalue weighted by Gasteiger charge is 2.14. The molecule has 0 N–H and O–H groups in total. The SMILES string of the molecule is CCc1cc2cccc(Cl)c2c(=O)n1-c1ccc(F)c(OC)c1. The summed E-state index contributed by atoms with van der Waals surface area (Å²) in [6.07, 6.45) is 0.650. The van der Waals surface area contributed by atoms with Crippen molar-refractivity contribution in [2.75, 3.05) is 7.11 Å². The van der Waals surface area contributed by atoms with Gasteiger partial charge in [0.25, 0.3) is 5.56 Å². The van der Waals surface area contributed by atoms with E-state index < -0.39 is 5.82 Å². The highest BCUT2D eigenvalue weighted by Crippen LogP contribution is 2.25. The molecule has 5 heteroatoms. The van der Waals surface area contributed by atoms with Crippen LogP contribution >= 0.6 is 11.6 Å². The Bertz CT molecular complexity index is 950. The largest absolute Gasteiger partial charge is 0.494 e. The molecule has 23 heavy (non-hydrogen) atoms. The van der Waals surface area contributed by atoms with Gasteiger partial charge in [0.05, 0.1) is 23.2 Å². The van der Waals surface area contributed by atoms with Crippen LogP contribution in [0, 0.1) is 5.82 Å². The zero-order chi connectivity index (χ0) is 16.6. The predicted molar refractivity (Wildman–Crippen MR) is 90.4 cm³/mol. The fourth-order valence-electron chi connectivity index (χ4n) is 2.70. The molecule has 0 radical (unpaired) electrons. The normalized spacial score (nSPS) is 11.0. The van der Waals surface area contributed by atoms with E-state index >= 15 is 0 Å². The number of pyridine rings is 1. The average Bonchev–Trinajstić information content (AvgIpc) is 2.55. The molecule has 2 aromatic carbocycles. The maximum atomic E-state index is 13.7. The highest BCUT2D eigenvalue weighted by molar-refractivity contribution is 6.35. The molecule has 1 aromatic heterocycles. The number of aryl methyl sites for hydroxylation is 1. The van der Waals surface area contributed by atoms with Crippen molar-refractivity contribution in [2.24, 2.45) is 0 Å². The Labute approximate surface area is 137 Å². The molecule has 0 amide bonds. The fraction of sp³-hybridized carbons (Fsp3) is 0.167. The number of aromatic nitrogens is 1. The van der Waals surface area contributed by atoms with E-state index in [1.54, 1.807) is 16.7 Å². The summed E-state index contributed by atoms with van der Waals surface area (Å²) >= 11 is 6.20. The predicted octanol–water partition coefficient (Wildman–Crippen LogP) is 4.35. The summed E-state index contributed by atoms with van der Waals surface area (Å²) in [7, 11) is 1.39. The van der Waals surface area contributed by atoms with Crippen LogP contribution in [0.5, 0.6) is 5.75 Å². The quantitative estimate of drug-likeness (QED) is 0.714. The van der Waals surface area contributed by atoms with Crippen molar-refractivity contribution in [3.63, 3.8) is 0 Å². The number of methoxy groups -OCH3 is 1. The Morgan fingerprint density at radius 2 is 2.00 bits per heavy atom. The molecule has 0 fully saturated rings. The van der Waals surface area contributed by atoms with E-state index in [2.05, 4.69) is 0 Å². The van der Waals surface area contributed by atoms with Crippen molar-refractivity contribution in [1.82, 2.24) is 4.57 Å². The minimum absolute atomic E-state index is 0.0932. The second-order valence-electron chi connectivity index (χ2n) is 5.15. The second kappa shape index (κ2) is 6.05. The number of rotatable bonds is 3. The van der Waals surface area contributed by atoms with Crippen LogP contribution in [-0.4, -0.2) is 11.7 Å². The lowest BCUT2D eigenvalue weighted by Gasteiger charge is -2.15. The standard InChI is InChI=1S/C18H15ClFNO2/c1-3-12-9-11-5-4-6-14(19)17(11)18(22)21(12)13-7-8-15(20)16(10-13)23-2/h4-10H,3H2,1-2H3. The smallest absolute Gasteiger partial charge is 0.264 e. The van der Waals surface area contributed by atoms with E-state index in [1.165, 1.54) is 19.2 Å². The molecule has 118 valence electrons. The van der Waals surface area contributed by atoms with Crippen molar-refractivity contribution in [1.29, 1.82) is 0 Å². The first kappa shape index (κ1) is 15.6. The Morgan fingerprint density at radius 3 is 2.70 bits per heavy atom. The Hall–Kier alpha value is -2.33. The van der Waals surface area contributed by atoms with Crippen LogP contribution in [0.25, 0.3) is 16.5 Å². The third-order valence-corrected chi connectivity index (χ3v) is 4.14. The maximum Gasteiger partial charge on any atom is 0.264 e. The molecule has 0 unspecified atom stereocenters. The molecule has 0 saturated heterocycles. The van der Waals surface area contributed by atoms with Crippen molar-refractivity contribution in [2.45, 2.75) is 13.3 Å². The first-order chi connectivity index (χ1) is 11.1. The van der Waals surface area contributed by atoms with Crippen LogP contribution in [0.1, 0.15) is 12.6 Å². The molecule has 0 bridgehead atoms. The summed E-state index contributed by atoms with van der Waals surface area (Å²) in [5.74, 6) is -0.378. The van der Waals surface area contributed by atoms with Crippen LogP contribution in [0.15, 0.2) is 47.3 Å². The van der Waals surface area contributed by atoms with Crippen molar-refractivity contribution in [3.05, 3.63) is 69.4 Å². The van der Waals surface area contributed by atoms with E-state index in [4.69, 9.17) is 16.3 Å². The zero-order valence-corrected chi connectivity index (χ0v) is 13.5. The van der Waals surface area contributed by atoms with Crippen LogP contribution in [-0.2, 0) is 6.42 Å². The fourth-order valence-corrected chi connectivity index (χ4v) is 2.97. The number of ether oxygens (including phenoxy) is 1. The average molecular weight is 332 g/mol. The van der Waals surface area contributed by atoms with Gasteiger partial charge in [0.1, 0.15) is 0 Å². The molecule has 0 aliphatic rings. The summed E-state index contributed by atoms with van der Waals surface area (Å²) in [6.45, 7) is 1.96. The van der Waals surface area contributed by atoms with Crippen LogP contribution < -0.4 is 10.3 Å². The van der Waals surface area contributed by atoms with Gasteiger partial charge in [0.15, 0.2) is 11.6 Å². The van der Waals surface area contributed by atoms with E-state index in [9.17, 15) is 9.18 Å². The van der Waals surface area contributed by atoms with Crippen LogP contribution in [0.2, 0.25) is 5.02 Å². The molecule has 0 aliphatic heterocycles. The first-order valence-corrected chi connectivity index (χ1v) is 7.61. The molecule has 0 atom stereocenters. The van der Waals surface area contributed by atoms with Gasteiger partial charge in [-0.15, -0.1) is 0 Å². The Balaban J connectivity index is 2.39. The van der Waals surface area contributed by atoms with Gasteiger partial charge in [-0.1, -0.05) is 30.7 Å². The molecule has 3 aromatic rings. The third-order valence-electron chi connectivity index (χ3n) is 3.83. The number of benzene rings is 2. The summed E-state index contributed by atoms with van der Waals surface area (Å²) in [5, 5.41) is 1.65. The van der Waals surface area contributed by atoms with Crippen LogP contribution in [0.4, 0.5) is 4.39 Å². The molecular weight excluding hydrogens is 317 g/mol. The molecule has 3 rings (SSSR count). The lowest BCUT2D eigenvalue weighted by molar-refractivity contribution is 0.386. The minimum atomic E-state index is -0.471. The third kappa shape index (κ3) is 2.59. The minimum Gasteiger partial charge on any atom is -0.494 e. The summed E-state index contributed by atoms with van der Waals surface area (Å²) < 4.78 is 20.2. The van der Waals surface area contributed by atoms with Crippen molar-refractivity contribution < 1.29 is 9.13 Å². The van der Waals surface area contributed by atoms with Crippen molar-refractivity contribution >= 4 is 22.4 Å². The lowest BCUT2D eigenvalue weighted by Crippen LogP contribution is -2.22. The van der Waals surface area contributed by atoms with Gasteiger partial charge in [0, 0.05) is 11.8 Å². The molecule has 1 heterocycles. The summed E-state index contributed by atoms with van der Waals surface area (Å²) in [4.78, 5) is 13.0. The van der Waals surface area contributed by atoms with Gasteiger partial charge in [0.2, 0.25) is 0 Å². The molecule has 0 spiro atoms. The van der Waals surface area contributed by atoms with Gasteiger partial charge in [-0.3, -0.25) is 9.36 Å². The molecular formula is C18H15ClFNO2. The second-order valence-corrected chi connectivity index (χ2v) is 5.56. The molecule has 0 saturated carbocycles. The first-order valence-electron chi connectivity index (χ1n) is 7.24. The van der Waals surface area contributed by atoms with Crippen molar-refractivity contribution in [3.8, 4) is 11.4 Å².